The number of ether oxygens (including phenoxy) is 2. The second-order valence-corrected chi connectivity index (χ2v) is 9.02. The third kappa shape index (κ3) is 4.99. The first-order valence-corrected chi connectivity index (χ1v) is 11.8. The molecule has 10 nitrogen and oxygen atoms in total. The summed E-state index contributed by atoms with van der Waals surface area (Å²) in [6.45, 7) is 3.43. The minimum absolute atomic E-state index is 0.163. The fourth-order valence-electron chi connectivity index (χ4n) is 3.18. The number of rotatable bonds is 8. The van der Waals surface area contributed by atoms with E-state index in [2.05, 4.69) is 27.2 Å². The average Bonchev–Trinajstić information content (AvgIpc) is 3.23. The molecular formula is C23H21N5O5S. The summed E-state index contributed by atoms with van der Waals surface area (Å²) in [7, 11) is -1.93. The highest BCUT2D eigenvalue weighted by molar-refractivity contribution is 7.89. The number of hydrogen-bond acceptors (Lipinski definition) is 8. The molecule has 1 amide bonds. The first kappa shape index (κ1) is 22.8. The van der Waals surface area contributed by atoms with Crippen LogP contribution in [0.4, 0.5) is 17.3 Å². The van der Waals surface area contributed by atoms with Crippen LogP contribution in [0.3, 0.4) is 0 Å². The van der Waals surface area contributed by atoms with E-state index in [0.29, 0.717) is 28.4 Å². The Kier molecular flexibility index (Phi) is 6.19. The lowest BCUT2D eigenvalue weighted by Crippen LogP contribution is -2.08. The molecule has 0 unspecified atom stereocenters. The summed E-state index contributed by atoms with van der Waals surface area (Å²) in [5, 5.41) is 6.48. The van der Waals surface area contributed by atoms with Crippen LogP contribution in [0, 0.1) is 0 Å². The van der Waals surface area contributed by atoms with E-state index in [0.717, 1.165) is 11.6 Å². The van der Waals surface area contributed by atoms with Crippen molar-refractivity contribution in [2.24, 2.45) is 0 Å². The molecule has 0 atom stereocenters. The van der Waals surface area contributed by atoms with Gasteiger partial charge >= 0.3 is 0 Å². The summed E-state index contributed by atoms with van der Waals surface area (Å²) in [5.41, 5.74) is 1.75. The minimum Gasteiger partial charge on any atom is -0.490 e. The Morgan fingerprint density at radius 3 is 2.71 bits per heavy atom. The van der Waals surface area contributed by atoms with Crippen LogP contribution >= 0.6 is 0 Å². The second-order valence-electron chi connectivity index (χ2n) is 7.16. The topological polar surface area (TPSA) is 124 Å². The van der Waals surface area contributed by atoms with E-state index in [4.69, 9.17) is 9.47 Å². The molecule has 0 spiro atoms. The van der Waals surface area contributed by atoms with E-state index < -0.39 is 10.0 Å². The van der Waals surface area contributed by atoms with Crippen molar-refractivity contribution < 1.29 is 22.7 Å². The fourth-order valence-corrected chi connectivity index (χ4v) is 3.99. The zero-order valence-electron chi connectivity index (χ0n) is 18.3. The summed E-state index contributed by atoms with van der Waals surface area (Å²) >= 11 is 0. The number of carbonyl (C=O) groups excluding carboxylic acids is 1. The summed E-state index contributed by atoms with van der Waals surface area (Å²) in [6.07, 6.45) is 5.29. The third-order valence-corrected chi connectivity index (χ3v) is 5.74. The monoisotopic (exact) mass is 479 g/mol. The molecule has 0 radical (unpaired) electrons. The Hall–Kier alpha value is -4.38. The van der Waals surface area contributed by atoms with Crippen molar-refractivity contribution in [3.8, 4) is 17.4 Å². The molecular weight excluding hydrogens is 458 g/mol. The molecule has 4 aromatic rings. The molecule has 0 bridgehead atoms. The van der Waals surface area contributed by atoms with Gasteiger partial charge in [-0.1, -0.05) is 12.6 Å². The standard InChI is InChI=1S/C23H21N5O5S/c1-4-21(29)25-16-6-5-7-18(13-16)33-22-20(32-2)14-24-23(27-22)26-17-8-9-19-15(12-17)10-11-28(19)34(3,30)31/h4-14H,1H2,2-3H3,(H,25,29)(H,24,26,27). The number of aromatic nitrogens is 3. The molecule has 2 N–H and O–H groups in total. The first-order valence-electron chi connectivity index (χ1n) is 9.98. The highest BCUT2D eigenvalue weighted by Crippen LogP contribution is 2.32. The maximum Gasteiger partial charge on any atom is 0.267 e. The van der Waals surface area contributed by atoms with Crippen LogP contribution in [0.15, 0.2) is 73.6 Å². The number of amides is 1. The number of methoxy groups -OCH3 is 1. The predicted molar refractivity (Wildman–Crippen MR) is 129 cm³/mol. The van der Waals surface area contributed by atoms with Crippen molar-refractivity contribution in [3.63, 3.8) is 0 Å². The van der Waals surface area contributed by atoms with Gasteiger partial charge in [-0.15, -0.1) is 0 Å². The smallest absolute Gasteiger partial charge is 0.267 e. The van der Waals surface area contributed by atoms with Crippen molar-refractivity contribution >= 4 is 44.2 Å². The van der Waals surface area contributed by atoms with Crippen LogP contribution in [0.25, 0.3) is 10.9 Å². The Balaban J connectivity index is 1.59. The molecule has 2 heterocycles. The van der Waals surface area contributed by atoms with Gasteiger partial charge in [0.1, 0.15) is 5.75 Å². The van der Waals surface area contributed by atoms with E-state index in [1.54, 1.807) is 48.5 Å². The van der Waals surface area contributed by atoms with Crippen molar-refractivity contribution in [2.45, 2.75) is 0 Å². The quantitative estimate of drug-likeness (QED) is 0.365. The van der Waals surface area contributed by atoms with Gasteiger partial charge in [-0.25, -0.2) is 17.4 Å². The minimum atomic E-state index is -3.40. The van der Waals surface area contributed by atoms with Gasteiger partial charge in [0.25, 0.3) is 5.88 Å². The third-order valence-electron chi connectivity index (χ3n) is 4.71. The molecule has 2 aromatic heterocycles. The lowest BCUT2D eigenvalue weighted by Gasteiger charge is -2.12. The summed E-state index contributed by atoms with van der Waals surface area (Å²) < 4.78 is 36.2. The van der Waals surface area contributed by atoms with E-state index in [1.165, 1.54) is 29.6 Å². The van der Waals surface area contributed by atoms with Gasteiger partial charge in [-0.2, -0.15) is 4.98 Å². The van der Waals surface area contributed by atoms with Crippen molar-refractivity contribution in [2.75, 3.05) is 24.0 Å². The molecule has 0 saturated heterocycles. The molecule has 4 rings (SSSR count). The zero-order valence-corrected chi connectivity index (χ0v) is 19.2. The van der Waals surface area contributed by atoms with Gasteiger partial charge in [0.15, 0.2) is 5.75 Å². The van der Waals surface area contributed by atoms with E-state index in [-0.39, 0.29) is 17.7 Å². The molecule has 174 valence electrons. The number of nitrogens with one attached hydrogen (secondary N) is 2. The van der Waals surface area contributed by atoms with Crippen LogP contribution in [0.2, 0.25) is 0 Å². The Morgan fingerprint density at radius 2 is 1.97 bits per heavy atom. The maximum atomic E-state index is 11.9. The molecule has 2 aromatic carbocycles. The fraction of sp³-hybridized carbons (Fsp3) is 0.0870. The Morgan fingerprint density at radius 1 is 1.15 bits per heavy atom. The molecule has 0 aliphatic rings. The second kappa shape index (κ2) is 9.24. The van der Waals surface area contributed by atoms with Crippen LogP contribution in [-0.4, -0.2) is 41.6 Å². The first-order chi connectivity index (χ1) is 16.3. The van der Waals surface area contributed by atoms with Crippen molar-refractivity contribution in [3.05, 3.63) is 73.6 Å². The largest absolute Gasteiger partial charge is 0.490 e. The number of benzene rings is 2. The van der Waals surface area contributed by atoms with Gasteiger partial charge in [0.2, 0.25) is 21.9 Å². The SMILES string of the molecule is C=CC(=O)Nc1cccc(Oc2nc(Nc3ccc4c(ccn4S(C)(=O)=O)c3)ncc2OC)c1. The van der Waals surface area contributed by atoms with E-state index >= 15 is 0 Å². The number of carbonyl (C=O) groups is 1. The number of nitrogens with zero attached hydrogens (tertiary/aromatic N) is 3. The molecule has 0 saturated carbocycles. The zero-order chi connectivity index (χ0) is 24.3. The normalized spacial score (nSPS) is 11.1. The maximum absolute atomic E-state index is 11.9. The molecule has 0 fully saturated rings. The Bertz CT molecular complexity index is 1500. The number of fused-ring (bicyclic) bond motifs is 1. The summed E-state index contributed by atoms with van der Waals surface area (Å²) in [4.78, 5) is 20.2. The van der Waals surface area contributed by atoms with Crippen LogP contribution in [-0.2, 0) is 14.8 Å². The highest BCUT2D eigenvalue weighted by atomic mass is 32.2. The lowest BCUT2D eigenvalue weighted by atomic mass is 10.2. The molecule has 0 aliphatic heterocycles. The van der Waals surface area contributed by atoms with Crippen molar-refractivity contribution in [1.29, 1.82) is 0 Å². The van der Waals surface area contributed by atoms with Gasteiger partial charge in [-0.3, -0.25) is 4.79 Å². The van der Waals surface area contributed by atoms with Crippen LogP contribution in [0.1, 0.15) is 0 Å². The van der Waals surface area contributed by atoms with Gasteiger partial charge in [0, 0.05) is 29.0 Å². The predicted octanol–water partition coefficient (Wildman–Crippen LogP) is 3.91. The molecule has 34 heavy (non-hydrogen) atoms. The van der Waals surface area contributed by atoms with E-state index in [1.807, 2.05) is 0 Å². The summed E-state index contributed by atoms with van der Waals surface area (Å²) in [5.74, 6) is 0.803. The molecule has 11 heteroatoms. The van der Waals surface area contributed by atoms with Crippen LogP contribution < -0.4 is 20.1 Å². The molecule has 0 aliphatic carbocycles. The van der Waals surface area contributed by atoms with Crippen molar-refractivity contribution in [1.82, 2.24) is 13.9 Å². The Labute approximate surface area is 195 Å². The lowest BCUT2D eigenvalue weighted by molar-refractivity contribution is -0.111. The highest BCUT2D eigenvalue weighted by Gasteiger charge is 2.13. The number of hydrogen-bond donors (Lipinski definition) is 2. The average molecular weight is 480 g/mol. The van der Waals surface area contributed by atoms with Gasteiger partial charge in [0.05, 0.1) is 25.1 Å². The number of anilines is 3. The van der Waals surface area contributed by atoms with E-state index in [9.17, 15) is 13.2 Å². The van der Waals surface area contributed by atoms with Gasteiger partial charge in [-0.05, 0) is 42.5 Å². The van der Waals surface area contributed by atoms with Crippen LogP contribution in [0.5, 0.6) is 17.4 Å². The van der Waals surface area contributed by atoms with Gasteiger partial charge < -0.3 is 20.1 Å². The summed E-state index contributed by atoms with van der Waals surface area (Å²) in [6, 6.07) is 13.7.